The maximum atomic E-state index is 13.5. The molecule has 1 aliphatic rings. The number of aliphatic hydroxyl groups excluding tert-OH is 1. The van der Waals surface area contributed by atoms with E-state index in [9.17, 15) is 24.6 Å². The number of esters is 1. The van der Waals surface area contributed by atoms with E-state index in [0.717, 1.165) is 16.2 Å². The third-order valence-electron chi connectivity index (χ3n) is 6.26. The molecular formula is C31H32N2O8S. The van der Waals surface area contributed by atoms with E-state index in [1.54, 1.807) is 38.1 Å². The molecule has 2 heterocycles. The van der Waals surface area contributed by atoms with Crippen LogP contribution in [0, 0.1) is 12.8 Å². The van der Waals surface area contributed by atoms with Crippen molar-refractivity contribution in [2.24, 2.45) is 5.92 Å². The number of aromatic hydroxyl groups is 1. The number of Topliss-reactive ketones (excluding diaryl/α,β-unsaturated/α-hetero) is 1. The third kappa shape index (κ3) is 6.15. The summed E-state index contributed by atoms with van der Waals surface area (Å²) >= 11 is 0.888. The lowest BCUT2D eigenvalue weighted by Crippen LogP contribution is -2.29. The van der Waals surface area contributed by atoms with Gasteiger partial charge in [0.25, 0.3) is 5.78 Å². The molecule has 1 amide bonds. The number of hydrogen-bond acceptors (Lipinski definition) is 10. The normalized spacial score (nSPS) is 16.1. The topological polar surface area (TPSA) is 135 Å². The SMILES string of the molecule is C=CCOC(=O)c1sc(N2C(=O)C(=O)/C(=C(/O)c3ccc(OCC(C)C)cc3)C2c2ccc(O)c(OCC)c2)nc1C. The van der Waals surface area contributed by atoms with Crippen LogP contribution in [0.3, 0.4) is 0 Å². The third-order valence-corrected chi connectivity index (χ3v) is 7.40. The molecule has 0 aliphatic carbocycles. The molecule has 2 aromatic carbocycles. The van der Waals surface area contributed by atoms with E-state index < -0.39 is 29.5 Å². The predicted molar refractivity (Wildman–Crippen MR) is 158 cm³/mol. The van der Waals surface area contributed by atoms with Gasteiger partial charge in [-0.25, -0.2) is 9.78 Å². The number of carbonyl (C=O) groups is 3. The number of nitrogens with zero attached hydrogens (tertiary/aromatic N) is 2. The van der Waals surface area contributed by atoms with Crippen molar-refractivity contribution in [2.75, 3.05) is 24.7 Å². The van der Waals surface area contributed by atoms with Crippen molar-refractivity contribution < 1.29 is 38.8 Å². The van der Waals surface area contributed by atoms with Crippen LogP contribution >= 0.6 is 11.3 Å². The molecule has 11 heteroatoms. The number of aryl methyl sites for hydroxylation is 1. The number of anilines is 1. The Labute approximate surface area is 247 Å². The second-order valence-corrected chi connectivity index (χ2v) is 10.8. The van der Waals surface area contributed by atoms with Gasteiger partial charge in [-0.3, -0.25) is 14.5 Å². The van der Waals surface area contributed by atoms with Crippen molar-refractivity contribution in [1.82, 2.24) is 4.98 Å². The highest BCUT2D eigenvalue weighted by Crippen LogP contribution is 2.45. The number of carbonyl (C=O) groups excluding carboxylic acids is 3. The number of ether oxygens (including phenoxy) is 3. The molecule has 0 bridgehead atoms. The van der Waals surface area contributed by atoms with E-state index in [-0.39, 0.29) is 40.3 Å². The Bertz CT molecular complexity index is 1540. The van der Waals surface area contributed by atoms with E-state index in [1.165, 1.54) is 24.3 Å². The Hall–Kier alpha value is -4.64. The van der Waals surface area contributed by atoms with Crippen LogP contribution in [-0.2, 0) is 14.3 Å². The first kappa shape index (κ1) is 30.3. The van der Waals surface area contributed by atoms with Crippen molar-refractivity contribution in [3.63, 3.8) is 0 Å². The number of benzene rings is 2. The average Bonchev–Trinajstić information content (AvgIpc) is 3.48. The van der Waals surface area contributed by atoms with Gasteiger partial charge >= 0.3 is 11.9 Å². The smallest absolute Gasteiger partial charge is 0.350 e. The predicted octanol–water partition coefficient (Wildman–Crippen LogP) is 5.56. The van der Waals surface area contributed by atoms with E-state index in [1.807, 2.05) is 13.8 Å². The van der Waals surface area contributed by atoms with E-state index >= 15 is 0 Å². The van der Waals surface area contributed by atoms with Crippen molar-refractivity contribution in [2.45, 2.75) is 33.7 Å². The van der Waals surface area contributed by atoms with Crippen LogP contribution in [0.4, 0.5) is 5.13 Å². The largest absolute Gasteiger partial charge is 0.507 e. The molecule has 0 saturated carbocycles. The highest BCUT2D eigenvalue weighted by Gasteiger charge is 2.48. The molecule has 1 fully saturated rings. The maximum absolute atomic E-state index is 13.5. The molecule has 42 heavy (non-hydrogen) atoms. The van der Waals surface area contributed by atoms with Gasteiger partial charge in [0.1, 0.15) is 23.0 Å². The van der Waals surface area contributed by atoms with Crippen molar-refractivity contribution in [3.8, 4) is 17.2 Å². The van der Waals surface area contributed by atoms with Gasteiger partial charge < -0.3 is 24.4 Å². The molecule has 1 saturated heterocycles. The number of aromatic nitrogens is 1. The van der Waals surface area contributed by atoms with Crippen molar-refractivity contribution in [3.05, 3.63) is 82.4 Å². The van der Waals surface area contributed by atoms with Crippen LogP contribution < -0.4 is 14.4 Å². The molecule has 220 valence electrons. The summed E-state index contributed by atoms with van der Waals surface area (Å²) in [7, 11) is 0. The highest BCUT2D eigenvalue weighted by atomic mass is 32.1. The Morgan fingerprint density at radius 1 is 1.17 bits per heavy atom. The fourth-order valence-electron chi connectivity index (χ4n) is 4.32. The van der Waals surface area contributed by atoms with E-state index in [2.05, 4.69) is 11.6 Å². The lowest BCUT2D eigenvalue weighted by molar-refractivity contribution is -0.132. The number of phenolic OH excluding ortho intramolecular Hbond substituents is 1. The van der Waals surface area contributed by atoms with Crippen LogP contribution in [0.1, 0.15) is 53.3 Å². The number of thiazole rings is 1. The zero-order valence-corrected chi connectivity index (χ0v) is 24.6. The van der Waals surface area contributed by atoms with Crippen LogP contribution in [0.25, 0.3) is 5.76 Å². The second kappa shape index (κ2) is 12.9. The summed E-state index contributed by atoms with van der Waals surface area (Å²) in [5, 5.41) is 21.8. The average molecular weight is 593 g/mol. The Kier molecular flexibility index (Phi) is 9.31. The number of phenols is 1. The Morgan fingerprint density at radius 2 is 1.88 bits per heavy atom. The molecule has 1 aromatic heterocycles. The number of amides is 1. The second-order valence-electron chi connectivity index (χ2n) is 9.86. The summed E-state index contributed by atoms with van der Waals surface area (Å²) < 4.78 is 16.4. The minimum absolute atomic E-state index is 0.00889. The fourth-order valence-corrected chi connectivity index (χ4v) is 5.31. The number of hydrogen-bond donors (Lipinski definition) is 2. The van der Waals surface area contributed by atoms with Gasteiger partial charge in [-0.2, -0.15) is 0 Å². The molecule has 3 aromatic rings. The van der Waals surface area contributed by atoms with Crippen LogP contribution in [0.15, 0.2) is 60.7 Å². The summed E-state index contributed by atoms with van der Waals surface area (Å²) in [5.41, 5.74) is 0.787. The first-order valence-electron chi connectivity index (χ1n) is 13.3. The first-order chi connectivity index (χ1) is 20.1. The maximum Gasteiger partial charge on any atom is 0.350 e. The van der Waals surface area contributed by atoms with E-state index in [0.29, 0.717) is 35.1 Å². The molecule has 4 rings (SSSR count). The van der Waals surface area contributed by atoms with Gasteiger partial charge in [0.05, 0.1) is 30.5 Å². The molecule has 1 unspecified atom stereocenters. The lowest BCUT2D eigenvalue weighted by atomic mass is 9.95. The summed E-state index contributed by atoms with van der Waals surface area (Å²) in [6, 6.07) is 9.79. The Morgan fingerprint density at radius 3 is 2.52 bits per heavy atom. The van der Waals surface area contributed by atoms with Gasteiger partial charge in [-0.15, -0.1) is 0 Å². The molecule has 0 radical (unpaired) electrons. The Balaban J connectivity index is 1.85. The lowest BCUT2D eigenvalue weighted by Gasteiger charge is -2.23. The fraction of sp³-hybridized carbons (Fsp3) is 0.290. The minimum Gasteiger partial charge on any atom is -0.507 e. The molecule has 10 nitrogen and oxygen atoms in total. The summed E-state index contributed by atoms with van der Waals surface area (Å²) in [6.45, 7) is 11.7. The minimum atomic E-state index is -1.15. The van der Waals surface area contributed by atoms with Gasteiger partial charge in [0, 0.05) is 5.56 Å². The zero-order valence-electron chi connectivity index (χ0n) is 23.7. The summed E-state index contributed by atoms with van der Waals surface area (Å²) in [5.74, 6) is -2.01. The van der Waals surface area contributed by atoms with Crippen LogP contribution in [0.2, 0.25) is 0 Å². The quantitative estimate of drug-likeness (QED) is 0.0964. The summed E-state index contributed by atoms with van der Waals surface area (Å²) in [4.78, 5) is 45.4. The standard InChI is InChI=1S/C31H32N2O8S/c1-6-14-40-30(38)28-18(5)32-31(42-28)33-25(20-10-13-22(34)23(15-20)39-7-2)24(27(36)29(33)37)26(35)19-8-11-21(12-9-19)41-16-17(3)4/h6,8-13,15,17,25,34-35H,1,7,14,16H2,2-5H3/b26-24+. The van der Waals surface area contributed by atoms with Crippen LogP contribution in [0.5, 0.6) is 17.2 Å². The first-order valence-corrected chi connectivity index (χ1v) is 14.1. The van der Waals surface area contributed by atoms with Gasteiger partial charge in [0.15, 0.2) is 16.6 Å². The molecule has 1 aliphatic heterocycles. The van der Waals surface area contributed by atoms with Gasteiger partial charge in [-0.1, -0.05) is 43.9 Å². The number of rotatable bonds is 11. The highest BCUT2D eigenvalue weighted by molar-refractivity contribution is 7.17. The van der Waals surface area contributed by atoms with Gasteiger partial charge in [-0.05, 0) is 61.7 Å². The van der Waals surface area contributed by atoms with Gasteiger partial charge in [0.2, 0.25) is 0 Å². The molecular weight excluding hydrogens is 560 g/mol. The molecule has 2 N–H and O–H groups in total. The van der Waals surface area contributed by atoms with Crippen LogP contribution in [-0.4, -0.2) is 52.7 Å². The molecule has 0 spiro atoms. The molecule has 1 atom stereocenters. The zero-order chi connectivity index (χ0) is 30.6. The number of ketones is 1. The van der Waals surface area contributed by atoms with Crippen molar-refractivity contribution >= 4 is 39.9 Å². The monoisotopic (exact) mass is 592 g/mol. The number of aliphatic hydroxyl groups is 1. The summed E-state index contributed by atoms with van der Waals surface area (Å²) in [6.07, 6.45) is 1.43. The van der Waals surface area contributed by atoms with E-state index in [4.69, 9.17) is 14.2 Å². The van der Waals surface area contributed by atoms with Crippen molar-refractivity contribution in [1.29, 1.82) is 0 Å².